The minimum absolute atomic E-state index is 0.173. The number of methoxy groups -OCH3 is 1. The highest BCUT2D eigenvalue weighted by molar-refractivity contribution is 5.36. The van der Waals surface area contributed by atoms with Gasteiger partial charge >= 0.3 is 0 Å². The molecule has 1 atom stereocenters. The highest BCUT2D eigenvalue weighted by atomic mass is 19.1. The molecule has 0 heterocycles. The van der Waals surface area contributed by atoms with Gasteiger partial charge in [-0.1, -0.05) is 33.1 Å². The van der Waals surface area contributed by atoms with Crippen LogP contribution in [-0.4, -0.2) is 13.7 Å². The third kappa shape index (κ3) is 4.30. The van der Waals surface area contributed by atoms with Gasteiger partial charge in [-0.05, 0) is 31.2 Å². The summed E-state index contributed by atoms with van der Waals surface area (Å²) in [4.78, 5) is 0. The summed E-state index contributed by atoms with van der Waals surface area (Å²) in [5, 5.41) is 3.41. The van der Waals surface area contributed by atoms with E-state index in [1.807, 2.05) is 0 Å². The van der Waals surface area contributed by atoms with Crippen molar-refractivity contribution in [1.82, 2.24) is 5.32 Å². The highest BCUT2D eigenvalue weighted by Crippen LogP contribution is 2.29. The Kier molecular flexibility index (Phi) is 6.73. The number of benzene rings is 1. The van der Waals surface area contributed by atoms with Crippen molar-refractivity contribution in [2.75, 3.05) is 13.7 Å². The lowest BCUT2D eigenvalue weighted by atomic mass is 9.99. The van der Waals surface area contributed by atoms with Gasteiger partial charge in [-0.2, -0.15) is 0 Å². The van der Waals surface area contributed by atoms with E-state index in [0.717, 1.165) is 30.7 Å². The Morgan fingerprint density at radius 2 is 2.06 bits per heavy atom. The van der Waals surface area contributed by atoms with E-state index in [9.17, 15) is 4.39 Å². The summed E-state index contributed by atoms with van der Waals surface area (Å²) in [5.74, 6) is 0.558. The summed E-state index contributed by atoms with van der Waals surface area (Å²) in [6, 6.07) is 4.90. The van der Waals surface area contributed by atoms with Gasteiger partial charge < -0.3 is 10.1 Å². The summed E-state index contributed by atoms with van der Waals surface area (Å²) < 4.78 is 18.7. The van der Waals surface area contributed by atoms with Gasteiger partial charge in [0, 0.05) is 11.6 Å². The lowest BCUT2D eigenvalue weighted by molar-refractivity contribution is 0.391. The minimum atomic E-state index is -0.204. The van der Waals surface area contributed by atoms with E-state index < -0.39 is 0 Å². The van der Waals surface area contributed by atoms with Crippen molar-refractivity contribution in [3.63, 3.8) is 0 Å². The summed E-state index contributed by atoms with van der Waals surface area (Å²) in [6.07, 6.45) is 4.56. The quantitative estimate of drug-likeness (QED) is 0.705. The van der Waals surface area contributed by atoms with Crippen LogP contribution in [-0.2, 0) is 0 Å². The number of nitrogens with one attached hydrogen (secondary N) is 1. The zero-order valence-corrected chi connectivity index (χ0v) is 11.6. The van der Waals surface area contributed by atoms with Gasteiger partial charge in [-0.15, -0.1) is 0 Å². The summed E-state index contributed by atoms with van der Waals surface area (Å²) in [7, 11) is 1.63. The summed E-state index contributed by atoms with van der Waals surface area (Å²) in [6.45, 7) is 5.13. The molecule has 0 radical (unpaired) electrons. The minimum Gasteiger partial charge on any atom is -0.496 e. The molecule has 18 heavy (non-hydrogen) atoms. The zero-order chi connectivity index (χ0) is 13.4. The van der Waals surface area contributed by atoms with Crippen LogP contribution in [0.25, 0.3) is 0 Å². The average Bonchev–Trinajstić information content (AvgIpc) is 2.38. The predicted molar refractivity (Wildman–Crippen MR) is 73.5 cm³/mol. The van der Waals surface area contributed by atoms with Crippen molar-refractivity contribution in [2.24, 2.45) is 0 Å². The Balaban J connectivity index is 2.85. The van der Waals surface area contributed by atoms with Crippen molar-refractivity contribution in [1.29, 1.82) is 0 Å². The Bertz CT molecular complexity index is 354. The van der Waals surface area contributed by atoms with E-state index in [-0.39, 0.29) is 11.9 Å². The number of halogens is 1. The highest BCUT2D eigenvalue weighted by Gasteiger charge is 2.15. The third-order valence-corrected chi connectivity index (χ3v) is 3.11. The van der Waals surface area contributed by atoms with Crippen LogP contribution in [0.3, 0.4) is 0 Å². The SMILES string of the molecule is CCCCCC(NCC)c1cc(F)ccc1OC. The van der Waals surface area contributed by atoms with Crippen LogP contribution in [0.4, 0.5) is 4.39 Å². The monoisotopic (exact) mass is 253 g/mol. The third-order valence-electron chi connectivity index (χ3n) is 3.11. The Morgan fingerprint density at radius 3 is 2.67 bits per heavy atom. The average molecular weight is 253 g/mol. The molecule has 0 aromatic heterocycles. The fraction of sp³-hybridized carbons (Fsp3) is 0.600. The first kappa shape index (κ1) is 15.0. The standard InChI is InChI=1S/C15H24FNO/c1-4-6-7-8-14(17-5-2)13-11-12(16)9-10-15(13)18-3/h9-11,14,17H,4-8H2,1-3H3. The second-order valence-corrected chi connectivity index (χ2v) is 4.49. The van der Waals surface area contributed by atoms with E-state index in [0.29, 0.717) is 0 Å². The number of hydrogen-bond donors (Lipinski definition) is 1. The van der Waals surface area contributed by atoms with Crippen molar-refractivity contribution in [3.05, 3.63) is 29.6 Å². The maximum absolute atomic E-state index is 13.4. The first-order valence-electron chi connectivity index (χ1n) is 6.79. The number of rotatable bonds is 8. The summed E-state index contributed by atoms with van der Waals surface area (Å²) in [5.41, 5.74) is 0.926. The smallest absolute Gasteiger partial charge is 0.123 e. The lowest BCUT2D eigenvalue weighted by Crippen LogP contribution is -2.21. The Morgan fingerprint density at radius 1 is 1.28 bits per heavy atom. The molecule has 1 N–H and O–H groups in total. The fourth-order valence-corrected chi connectivity index (χ4v) is 2.19. The molecule has 0 spiro atoms. The molecule has 0 aliphatic rings. The predicted octanol–water partition coefficient (Wildman–Crippen LogP) is 4.07. The molecule has 102 valence electrons. The van der Waals surface area contributed by atoms with Crippen LogP contribution >= 0.6 is 0 Å². The van der Waals surface area contributed by atoms with E-state index in [1.165, 1.54) is 18.9 Å². The van der Waals surface area contributed by atoms with Crippen LogP contribution in [0, 0.1) is 5.82 Å². The van der Waals surface area contributed by atoms with Crippen LogP contribution in [0.5, 0.6) is 5.75 Å². The first-order valence-corrected chi connectivity index (χ1v) is 6.79. The van der Waals surface area contributed by atoms with Crippen LogP contribution in [0.1, 0.15) is 51.1 Å². The van der Waals surface area contributed by atoms with Gasteiger partial charge in [0.25, 0.3) is 0 Å². The van der Waals surface area contributed by atoms with Crippen molar-refractivity contribution in [2.45, 2.75) is 45.6 Å². The van der Waals surface area contributed by atoms with Gasteiger partial charge in [-0.25, -0.2) is 4.39 Å². The largest absolute Gasteiger partial charge is 0.496 e. The van der Waals surface area contributed by atoms with E-state index >= 15 is 0 Å². The fourth-order valence-electron chi connectivity index (χ4n) is 2.19. The van der Waals surface area contributed by atoms with Gasteiger partial charge in [0.2, 0.25) is 0 Å². The number of hydrogen-bond acceptors (Lipinski definition) is 2. The normalized spacial score (nSPS) is 12.4. The first-order chi connectivity index (χ1) is 8.72. The second kappa shape index (κ2) is 8.09. The van der Waals surface area contributed by atoms with Crippen LogP contribution in [0.15, 0.2) is 18.2 Å². The van der Waals surface area contributed by atoms with Gasteiger partial charge in [0.05, 0.1) is 7.11 Å². The van der Waals surface area contributed by atoms with Crippen LogP contribution in [0.2, 0.25) is 0 Å². The second-order valence-electron chi connectivity index (χ2n) is 4.49. The Hall–Kier alpha value is -1.09. The van der Waals surface area contributed by atoms with Gasteiger partial charge in [0.1, 0.15) is 11.6 Å². The maximum atomic E-state index is 13.4. The van der Waals surface area contributed by atoms with E-state index in [4.69, 9.17) is 4.74 Å². The molecule has 1 rings (SSSR count). The molecule has 0 fully saturated rings. The van der Waals surface area contributed by atoms with E-state index in [2.05, 4.69) is 19.2 Å². The van der Waals surface area contributed by atoms with Crippen LogP contribution < -0.4 is 10.1 Å². The topological polar surface area (TPSA) is 21.3 Å². The Labute approximate surface area is 110 Å². The number of unbranched alkanes of at least 4 members (excludes halogenated alkanes) is 2. The molecule has 1 aromatic carbocycles. The molecule has 0 amide bonds. The van der Waals surface area contributed by atoms with Crippen molar-refractivity contribution in [3.8, 4) is 5.75 Å². The molecule has 0 aliphatic carbocycles. The molecule has 0 saturated heterocycles. The summed E-state index contributed by atoms with van der Waals surface area (Å²) >= 11 is 0. The van der Waals surface area contributed by atoms with Gasteiger partial charge in [-0.3, -0.25) is 0 Å². The van der Waals surface area contributed by atoms with Crippen molar-refractivity contribution >= 4 is 0 Å². The molecule has 0 saturated carbocycles. The molecule has 0 aliphatic heterocycles. The molecular weight excluding hydrogens is 229 g/mol. The molecule has 2 nitrogen and oxygen atoms in total. The molecule has 3 heteroatoms. The number of ether oxygens (including phenoxy) is 1. The molecule has 1 unspecified atom stereocenters. The molecule has 1 aromatic rings. The van der Waals surface area contributed by atoms with Gasteiger partial charge in [0.15, 0.2) is 0 Å². The molecule has 0 bridgehead atoms. The maximum Gasteiger partial charge on any atom is 0.123 e. The molecular formula is C15H24FNO. The lowest BCUT2D eigenvalue weighted by Gasteiger charge is -2.20. The van der Waals surface area contributed by atoms with E-state index in [1.54, 1.807) is 19.2 Å². The van der Waals surface area contributed by atoms with Crippen molar-refractivity contribution < 1.29 is 9.13 Å². The zero-order valence-electron chi connectivity index (χ0n) is 11.6.